The number of carbonyl (C=O) groups excluding carboxylic acids is 1. The van der Waals surface area contributed by atoms with Crippen LogP contribution in [0.1, 0.15) is 42.4 Å². The minimum Gasteiger partial charge on any atom is -0.276 e. The van der Waals surface area contributed by atoms with Crippen molar-refractivity contribution in [2.24, 2.45) is 0 Å². The standard InChI is InChI=1S/C15H13FN2O/c16-12-5-3-9(4-6-12)14-13-10-1-2-11(7-10)15(13)18(8-19)17-14/h3-6,8,10-11H,1-2,7H2. The van der Waals surface area contributed by atoms with Gasteiger partial charge in [-0.2, -0.15) is 5.10 Å². The molecule has 4 heteroatoms. The monoisotopic (exact) mass is 256 g/mol. The lowest BCUT2D eigenvalue weighted by Gasteiger charge is -2.11. The highest BCUT2D eigenvalue weighted by atomic mass is 19.1. The number of carbonyl (C=O) groups is 1. The van der Waals surface area contributed by atoms with Crippen LogP contribution in [0.3, 0.4) is 0 Å². The van der Waals surface area contributed by atoms with Gasteiger partial charge >= 0.3 is 0 Å². The lowest BCUT2D eigenvalue weighted by molar-refractivity contribution is 0.533. The Morgan fingerprint density at radius 2 is 1.95 bits per heavy atom. The lowest BCUT2D eigenvalue weighted by Crippen LogP contribution is -2.06. The molecule has 2 atom stereocenters. The first kappa shape index (κ1) is 10.9. The second kappa shape index (κ2) is 3.76. The first-order chi connectivity index (χ1) is 9.28. The third-order valence-corrected chi connectivity index (χ3v) is 4.43. The summed E-state index contributed by atoms with van der Waals surface area (Å²) in [5.41, 5.74) is 4.06. The number of halogens is 1. The Morgan fingerprint density at radius 3 is 2.68 bits per heavy atom. The summed E-state index contributed by atoms with van der Waals surface area (Å²) in [6, 6.07) is 6.35. The predicted octanol–water partition coefficient (Wildman–Crippen LogP) is 3.09. The molecule has 1 fully saturated rings. The zero-order valence-electron chi connectivity index (χ0n) is 10.3. The first-order valence-electron chi connectivity index (χ1n) is 6.61. The molecule has 1 aromatic carbocycles. The summed E-state index contributed by atoms with van der Waals surface area (Å²) < 4.78 is 14.5. The molecule has 0 radical (unpaired) electrons. The molecule has 4 rings (SSSR count). The smallest absolute Gasteiger partial charge is 0.234 e. The quantitative estimate of drug-likeness (QED) is 0.774. The number of rotatable bonds is 2. The van der Waals surface area contributed by atoms with E-state index in [-0.39, 0.29) is 5.82 Å². The molecule has 0 spiro atoms. The van der Waals surface area contributed by atoms with Crippen LogP contribution in [-0.4, -0.2) is 16.2 Å². The number of fused-ring (bicyclic) bond motifs is 5. The van der Waals surface area contributed by atoms with E-state index in [1.54, 1.807) is 12.1 Å². The minimum atomic E-state index is -0.253. The van der Waals surface area contributed by atoms with E-state index in [1.165, 1.54) is 28.8 Å². The molecule has 2 bridgehead atoms. The Hall–Kier alpha value is -1.97. The maximum atomic E-state index is 13.0. The second-order valence-electron chi connectivity index (χ2n) is 5.41. The Balaban J connectivity index is 1.92. The average molecular weight is 256 g/mol. The molecule has 1 aromatic heterocycles. The van der Waals surface area contributed by atoms with Gasteiger partial charge in [0.2, 0.25) is 6.41 Å². The van der Waals surface area contributed by atoms with E-state index in [4.69, 9.17) is 0 Å². The summed E-state index contributed by atoms with van der Waals surface area (Å²) in [7, 11) is 0. The van der Waals surface area contributed by atoms with Crippen LogP contribution in [-0.2, 0) is 4.79 Å². The van der Waals surface area contributed by atoms with E-state index in [0.29, 0.717) is 11.8 Å². The number of hydrogen-bond donors (Lipinski definition) is 0. The summed E-state index contributed by atoms with van der Waals surface area (Å²) in [5, 5.41) is 4.42. The molecule has 2 aromatic rings. The van der Waals surface area contributed by atoms with Crippen LogP contribution in [0.25, 0.3) is 11.3 Å². The van der Waals surface area contributed by atoms with Crippen molar-refractivity contribution in [3.63, 3.8) is 0 Å². The molecule has 1 heterocycles. The summed E-state index contributed by atoms with van der Waals surface area (Å²) in [6.07, 6.45) is 4.25. The molecule has 1 saturated carbocycles. The molecule has 2 unspecified atom stereocenters. The van der Waals surface area contributed by atoms with Gasteiger partial charge in [0.05, 0.1) is 11.4 Å². The van der Waals surface area contributed by atoms with Crippen molar-refractivity contribution in [2.45, 2.75) is 31.1 Å². The van der Waals surface area contributed by atoms with Crippen LogP contribution in [0.5, 0.6) is 0 Å². The third kappa shape index (κ3) is 1.43. The summed E-state index contributed by atoms with van der Waals surface area (Å²) >= 11 is 0. The Morgan fingerprint density at radius 1 is 1.21 bits per heavy atom. The van der Waals surface area contributed by atoms with Gasteiger partial charge < -0.3 is 0 Å². The number of hydrogen-bond acceptors (Lipinski definition) is 2. The highest BCUT2D eigenvalue weighted by Crippen LogP contribution is 2.55. The van der Waals surface area contributed by atoms with E-state index < -0.39 is 0 Å². The van der Waals surface area contributed by atoms with Gasteiger partial charge in [0, 0.05) is 17.0 Å². The average Bonchev–Trinajstić information content (AvgIpc) is 3.11. The normalized spacial score (nSPS) is 23.6. The molecule has 0 N–H and O–H groups in total. The fourth-order valence-corrected chi connectivity index (χ4v) is 3.66. The minimum absolute atomic E-state index is 0.253. The lowest BCUT2D eigenvalue weighted by atomic mass is 9.93. The first-order valence-corrected chi connectivity index (χ1v) is 6.61. The van der Waals surface area contributed by atoms with Gasteiger partial charge in [-0.3, -0.25) is 4.79 Å². The topological polar surface area (TPSA) is 34.9 Å². The molecule has 96 valence electrons. The van der Waals surface area contributed by atoms with Crippen LogP contribution in [0.2, 0.25) is 0 Å². The summed E-state index contributed by atoms with van der Waals surface area (Å²) in [5.74, 6) is 0.748. The predicted molar refractivity (Wildman–Crippen MR) is 69.1 cm³/mol. The molecule has 0 aliphatic heterocycles. The maximum absolute atomic E-state index is 13.0. The van der Waals surface area contributed by atoms with Crippen molar-refractivity contribution in [3.05, 3.63) is 41.3 Å². The highest BCUT2D eigenvalue weighted by molar-refractivity contribution is 5.70. The van der Waals surface area contributed by atoms with Crippen molar-refractivity contribution in [1.29, 1.82) is 0 Å². The SMILES string of the molecule is O=Cn1nc(-c2ccc(F)cc2)c2c1C1CCC2C1. The van der Waals surface area contributed by atoms with E-state index in [1.807, 2.05) is 0 Å². The van der Waals surface area contributed by atoms with Gasteiger partial charge in [0.15, 0.2) is 0 Å². The largest absolute Gasteiger partial charge is 0.276 e. The summed E-state index contributed by atoms with van der Waals surface area (Å²) in [4.78, 5) is 11.2. The van der Waals surface area contributed by atoms with Crippen molar-refractivity contribution < 1.29 is 9.18 Å². The van der Waals surface area contributed by atoms with Crippen LogP contribution in [0, 0.1) is 5.82 Å². The van der Waals surface area contributed by atoms with Crippen LogP contribution < -0.4 is 0 Å². The van der Waals surface area contributed by atoms with Crippen molar-refractivity contribution in [2.75, 3.05) is 0 Å². The van der Waals surface area contributed by atoms with Gasteiger partial charge in [0.25, 0.3) is 0 Å². The maximum Gasteiger partial charge on any atom is 0.234 e. The Bertz CT molecular complexity index is 660. The van der Waals surface area contributed by atoms with Gasteiger partial charge in [-0.15, -0.1) is 0 Å². The van der Waals surface area contributed by atoms with E-state index in [2.05, 4.69) is 5.10 Å². The molecular formula is C15H13FN2O. The molecule has 0 saturated heterocycles. The number of aromatic nitrogens is 2. The van der Waals surface area contributed by atoms with Gasteiger partial charge in [-0.1, -0.05) is 0 Å². The zero-order valence-corrected chi connectivity index (χ0v) is 10.3. The zero-order chi connectivity index (χ0) is 13.0. The summed E-state index contributed by atoms with van der Waals surface area (Å²) in [6.45, 7) is 0. The molecular weight excluding hydrogens is 243 g/mol. The van der Waals surface area contributed by atoms with Crippen LogP contribution in [0.15, 0.2) is 24.3 Å². The molecule has 2 aliphatic carbocycles. The highest BCUT2D eigenvalue weighted by Gasteiger charge is 2.42. The number of nitrogens with zero attached hydrogens (tertiary/aromatic N) is 2. The molecule has 3 nitrogen and oxygen atoms in total. The second-order valence-corrected chi connectivity index (χ2v) is 5.41. The van der Waals surface area contributed by atoms with Crippen molar-refractivity contribution in [1.82, 2.24) is 9.78 Å². The Labute approximate surface area is 110 Å². The molecule has 0 amide bonds. The van der Waals surface area contributed by atoms with Crippen molar-refractivity contribution in [3.8, 4) is 11.3 Å². The van der Waals surface area contributed by atoms with Gasteiger partial charge in [-0.05, 0) is 49.4 Å². The van der Waals surface area contributed by atoms with E-state index in [9.17, 15) is 9.18 Å². The van der Waals surface area contributed by atoms with Gasteiger partial charge in [0.1, 0.15) is 5.82 Å². The fraction of sp³-hybridized carbons (Fsp3) is 0.333. The van der Waals surface area contributed by atoms with Gasteiger partial charge in [-0.25, -0.2) is 9.07 Å². The molecule has 19 heavy (non-hydrogen) atoms. The van der Waals surface area contributed by atoms with Crippen LogP contribution >= 0.6 is 0 Å². The number of benzene rings is 1. The fourth-order valence-electron chi connectivity index (χ4n) is 3.66. The van der Waals surface area contributed by atoms with E-state index >= 15 is 0 Å². The van der Waals surface area contributed by atoms with Crippen molar-refractivity contribution >= 4 is 6.41 Å². The van der Waals surface area contributed by atoms with Crippen LogP contribution in [0.4, 0.5) is 4.39 Å². The Kier molecular flexibility index (Phi) is 2.16. The van der Waals surface area contributed by atoms with E-state index in [0.717, 1.165) is 36.2 Å². The molecule has 2 aliphatic rings. The third-order valence-electron chi connectivity index (χ3n) is 4.43.